The average molecular weight is 346 g/mol. The van der Waals surface area contributed by atoms with Gasteiger partial charge in [0.05, 0.1) is 12.3 Å². The zero-order chi connectivity index (χ0) is 17.9. The fraction of sp³-hybridized carbons (Fsp3) is 0.682. The van der Waals surface area contributed by atoms with Crippen LogP contribution in [0.3, 0.4) is 0 Å². The van der Waals surface area contributed by atoms with Crippen molar-refractivity contribution in [2.24, 2.45) is 0 Å². The van der Waals surface area contributed by atoms with Gasteiger partial charge in [-0.15, -0.1) is 0 Å². The molecule has 1 aliphatic rings. The lowest BCUT2D eigenvalue weighted by atomic mass is 10.0. The number of unbranched alkanes of at least 4 members (excludes halogenated alkanes) is 5. The van der Waals surface area contributed by atoms with Gasteiger partial charge in [-0.3, -0.25) is 4.79 Å². The third-order valence-electron chi connectivity index (χ3n) is 5.05. The van der Waals surface area contributed by atoms with E-state index in [-0.39, 0.29) is 5.78 Å². The van der Waals surface area contributed by atoms with Gasteiger partial charge in [0, 0.05) is 25.1 Å². The van der Waals surface area contributed by atoms with E-state index in [9.17, 15) is 4.79 Å². The maximum Gasteiger partial charge on any atom is 0.162 e. The molecule has 1 aromatic rings. The average Bonchev–Trinajstić information content (AvgIpc) is 2.67. The van der Waals surface area contributed by atoms with Crippen LogP contribution < -0.4 is 9.64 Å². The molecule has 1 aliphatic heterocycles. The number of carbonyl (C=O) groups excluding carboxylic acids is 1. The van der Waals surface area contributed by atoms with E-state index in [0.29, 0.717) is 6.42 Å². The molecule has 3 heteroatoms. The largest absolute Gasteiger partial charge is 0.491 e. The van der Waals surface area contributed by atoms with Crippen LogP contribution in [0.15, 0.2) is 18.2 Å². The summed E-state index contributed by atoms with van der Waals surface area (Å²) >= 11 is 0. The molecular weight excluding hydrogens is 310 g/mol. The number of nitrogens with zero attached hydrogens (tertiary/aromatic N) is 1. The van der Waals surface area contributed by atoms with Gasteiger partial charge >= 0.3 is 0 Å². The summed E-state index contributed by atoms with van der Waals surface area (Å²) < 4.78 is 6.11. The quantitative estimate of drug-likeness (QED) is 0.363. The highest BCUT2D eigenvalue weighted by atomic mass is 16.5. The van der Waals surface area contributed by atoms with E-state index < -0.39 is 0 Å². The summed E-state index contributed by atoms with van der Waals surface area (Å²) in [5.41, 5.74) is 1.93. The minimum absolute atomic E-state index is 0.209. The first-order valence-corrected chi connectivity index (χ1v) is 10.3. The van der Waals surface area contributed by atoms with Gasteiger partial charge in [-0.1, -0.05) is 46.0 Å². The van der Waals surface area contributed by atoms with E-state index in [1.165, 1.54) is 51.4 Å². The predicted octanol–water partition coefficient (Wildman–Crippen LogP) is 6.01. The molecule has 1 fully saturated rings. The monoisotopic (exact) mass is 345 g/mol. The van der Waals surface area contributed by atoms with Crippen LogP contribution in [0.4, 0.5) is 5.69 Å². The number of hydrogen-bond donors (Lipinski definition) is 0. The van der Waals surface area contributed by atoms with E-state index in [1.807, 2.05) is 25.1 Å². The second-order valence-electron chi connectivity index (χ2n) is 7.12. The Morgan fingerprint density at radius 1 is 1.00 bits per heavy atom. The number of piperidine rings is 1. The summed E-state index contributed by atoms with van der Waals surface area (Å²) in [5.74, 6) is 1.16. The molecule has 0 bridgehead atoms. The summed E-state index contributed by atoms with van der Waals surface area (Å²) in [7, 11) is 0. The Bertz CT molecular complexity index is 521. The number of carbonyl (C=O) groups is 1. The summed E-state index contributed by atoms with van der Waals surface area (Å²) in [6.07, 6.45) is 11.9. The van der Waals surface area contributed by atoms with Crippen molar-refractivity contribution < 1.29 is 9.53 Å². The van der Waals surface area contributed by atoms with Crippen molar-refractivity contribution in [2.75, 3.05) is 24.6 Å². The molecule has 3 nitrogen and oxygen atoms in total. The van der Waals surface area contributed by atoms with Gasteiger partial charge in [0.25, 0.3) is 0 Å². The molecule has 0 radical (unpaired) electrons. The molecule has 2 rings (SSSR count). The normalized spacial score (nSPS) is 14.6. The van der Waals surface area contributed by atoms with E-state index in [1.54, 1.807) is 0 Å². The number of rotatable bonds is 11. The van der Waals surface area contributed by atoms with Crippen LogP contribution in [0.5, 0.6) is 5.75 Å². The topological polar surface area (TPSA) is 29.5 Å². The van der Waals surface area contributed by atoms with Crippen LogP contribution in [-0.4, -0.2) is 25.5 Å². The van der Waals surface area contributed by atoms with Gasteiger partial charge in [0.1, 0.15) is 5.75 Å². The van der Waals surface area contributed by atoms with E-state index in [0.717, 1.165) is 43.1 Å². The highest BCUT2D eigenvalue weighted by Gasteiger charge is 2.17. The van der Waals surface area contributed by atoms with Crippen LogP contribution in [0, 0.1) is 0 Å². The van der Waals surface area contributed by atoms with Crippen LogP contribution in [-0.2, 0) is 0 Å². The van der Waals surface area contributed by atoms with Crippen molar-refractivity contribution in [3.8, 4) is 5.75 Å². The molecule has 0 atom stereocenters. The summed E-state index contributed by atoms with van der Waals surface area (Å²) in [6.45, 7) is 7.08. The first-order valence-electron chi connectivity index (χ1n) is 10.3. The smallest absolute Gasteiger partial charge is 0.162 e. The highest BCUT2D eigenvalue weighted by molar-refractivity contribution is 5.97. The Morgan fingerprint density at radius 3 is 2.44 bits per heavy atom. The number of Topliss-reactive ketones (excluding diaryl/α,β-unsaturated/α-hetero) is 1. The fourth-order valence-corrected chi connectivity index (χ4v) is 3.46. The van der Waals surface area contributed by atoms with Gasteiger partial charge in [-0.25, -0.2) is 0 Å². The number of ketones is 1. The molecular formula is C22H35NO2. The second kappa shape index (κ2) is 11.2. The van der Waals surface area contributed by atoms with Crippen LogP contribution in [0.1, 0.15) is 88.4 Å². The Balaban J connectivity index is 1.96. The second-order valence-corrected chi connectivity index (χ2v) is 7.12. The lowest BCUT2D eigenvalue weighted by Crippen LogP contribution is -2.30. The zero-order valence-corrected chi connectivity index (χ0v) is 16.2. The molecule has 1 aromatic carbocycles. The Morgan fingerprint density at radius 2 is 1.72 bits per heavy atom. The highest BCUT2D eigenvalue weighted by Crippen LogP contribution is 2.32. The molecule has 0 aliphatic carbocycles. The van der Waals surface area contributed by atoms with Crippen molar-refractivity contribution in [1.29, 1.82) is 0 Å². The number of ether oxygens (including phenoxy) is 1. The number of anilines is 1. The molecule has 0 saturated carbocycles. The number of benzene rings is 1. The molecule has 1 heterocycles. The molecule has 0 spiro atoms. The standard InChI is InChI=1S/C22H35NO2/c1-3-5-6-7-8-12-17-25-22-14-13-19(21(24)4-2)18-20(22)23-15-10-9-11-16-23/h13-14,18H,3-12,15-17H2,1-2H3. The predicted molar refractivity (Wildman–Crippen MR) is 106 cm³/mol. The Kier molecular flexibility index (Phi) is 8.85. The van der Waals surface area contributed by atoms with Crippen LogP contribution >= 0.6 is 0 Å². The minimum atomic E-state index is 0.209. The van der Waals surface area contributed by atoms with E-state index in [2.05, 4.69) is 11.8 Å². The molecule has 0 aromatic heterocycles. The third-order valence-corrected chi connectivity index (χ3v) is 5.05. The van der Waals surface area contributed by atoms with E-state index in [4.69, 9.17) is 4.74 Å². The molecule has 25 heavy (non-hydrogen) atoms. The Labute approximate surface area is 153 Å². The third kappa shape index (κ3) is 6.37. The summed E-state index contributed by atoms with van der Waals surface area (Å²) in [4.78, 5) is 14.5. The van der Waals surface area contributed by atoms with Crippen molar-refractivity contribution in [2.45, 2.75) is 78.1 Å². The SMILES string of the molecule is CCCCCCCCOc1ccc(C(=O)CC)cc1N1CCCCC1. The molecule has 0 unspecified atom stereocenters. The lowest BCUT2D eigenvalue weighted by molar-refractivity contribution is 0.0988. The van der Waals surface area contributed by atoms with Gasteiger partial charge < -0.3 is 9.64 Å². The van der Waals surface area contributed by atoms with Gasteiger partial charge in [0.2, 0.25) is 0 Å². The molecule has 0 N–H and O–H groups in total. The maximum absolute atomic E-state index is 12.1. The Hall–Kier alpha value is -1.51. The van der Waals surface area contributed by atoms with Crippen LogP contribution in [0.25, 0.3) is 0 Å². The van der Waals surface area contributed by atoms with Gasteiger partial charge in [-0.2, -0.15) is 0 Å². The first kappa shape index (κ1) is 19.8. The molecule has 0 amide bonds. The van der Waals surface area contributed by atoms with Crippen molar-refractivity contribution in [3.63, 3.8) is 0 Å². The zero-order valence-electron chi connectivity index (χ0n) is 16.2. The van der Waals surface area contributed by atoms with Gasteiger partial charge in [0.15, 0.2) is 5.78 Å². The van der Waals surface area contributed by atoms with Crippen molar-refractivity contribution >= 4 is 11.5 Å². The van der Waals surface area contributed by atoms with Gasteiger partial charge in [-0.05, 0) is 43.9 Å². The maximum atomic E-state index is 12.1. The van der Waals surface area contributed by atoms with Crippen molar-refractivity contribution in [1.82, 2.24) is 0 Å². The summed E-state index contributed by atoms with van der Waals surface area (Å²) in [5, 5.41) is 0. The number of hydrogen-bond acceptors (Lipinski definition) is 3. The first-order chi connectivity index (χ1) is 12.3. The van der Waals surface area contributed by atoms with E-state index >= 15 is 0 Å². The fourth-order valence-electron chi connectivity index (χ4n) is 3.46. The summed E-state index contributed by atoms with van der Waals surface area (Å²) in [6, 6.07) is 5.98. The van der Waals surface area contributed by atoms with Crippen molar-refractivity contribution in [3.05, 3.63) is 23.8 Å². The lowest BCUT2D eigenvalue weighted by Gasteiger charge is -2.30. The minimum Gasteiger partial charge on any atom is -0.491 e. The molecule has 140 valence electrons. The molecule has 1 saturated heterocycles. The van der Waals surface area contributed by atoms with Crippen LogP contribution in [0.2, 0.25) is 0 Å².